The molecule has 0 spiro atoms. The molecule has 0 unspecified atom stereocenters. The van der Waals surface area contributed by atoms with Crippen LogP contribution in [0.25, 0.3) is 0 Å². The smallest absolute Gasteiger partial charge is 0.373 e. The first-order valence-electron chi connectivity index (χ1n) is 11.7. The van der Waals surface area contributed by atoms with Gasteiger partial charge in [-0.05, 0) is 20.8 Å². The van der Waals surface area contributed by atoms with Gasteiger partial charge in [0.05, 0.1) is 13.3 Å². The van der Waals surface area contributed by atoms with Crippen LogP contribution >= 0.6 is 23.5 Å². The number of ether oxygens (including phenoxy) is 2. The Morgan fingerprint density at radius 1 is 1.00 bits per heavy atom. The lowest BCUT2D eigenvalue weighted by Crippen LogP contribution is -2.33. The van der Waals surface area contributed by atoms with E-state index in [9.17, 15) is 24.6 Å². The highest BCUT2D eigenvalue weighted by Gasteiger charge is 2.40. The van der Waals surface area contributed by atoms with Crippen molar-refractivity contribution in [3.8, 4) is 23.0 Å². The molecular weight excluding hydrogens is 596 g/mol. The third-order valence-corrected chi connectivity index (χ3v) is 8.15. The summed E-state index contributed by atoms with van der Waals surface area (Å²) in [7, 11) is 1.50. The molecule has 0 saturated heterocycles. The minimum Gasteiger partial charge on any atom is -0.505 e. The molecule has 4 heterocycles. The Morgan fingerprint density at radius 3 is 2.05 bits per heavy atom. The quantitative estimate of drug-likeness (QED) is 0.327. The molecular formula is C25H26N4O11S2. The largest absolute Gasteiger partial charge is 0.505 e. The van der Waals surface area contributed by atoms with Crippen LogP contribution < -0.4 is 9.47 Å². The summed E-state index contributed by atoms with van der Waals surface area (Å²) in [4.78, 5) is 65.9. The molecule has 2 aliphatic heterocycles. The van der Waals surface area contributed by atoms with Crippen LogP contribution in [-0.2, 0) is 24.0 Å². The van der Waals surface area contributed by atoms with Crippen molar-refractivity contribution in [2.75, 3.05) is 25.2 Å². The summed E-state index contributed by atoms with van der Waals surface area (Å²) in [6.45, 7) is 4.17. The number of methoxy groups -OCH3 is 1. The Kier molecular flexibility index (Phi) is 11.6. The van der Waals surface area contributed by atoms with E-state index in [4.69, 9.17) is 29.3 Å². The molecule has 2 aromatic rings. The summed E-state index contributed by atoms with van der Waals surface area (Å²) in [6.07, 6.45) is 3.09. The number of aromatic nitrogens is 2. The van der Waals surface area contributed by atoms with Crippen LogP contribution in [0.1, 0.15) is 32.2 Å². The molecule has 0 bridgehead atoms. The summed E-state index contributed by atoms with van der Waals surface area (Å²) < 4.78 is 9.90. The molecule has 2 atom stereocenters. The van der Waals surface area contributed by atoms with Crippen LogP contribution in [0.15, 0.2) is 34.5 Å². The summed E-state index contributed by atoms with van der Waals surface area (Å²) in [5.74, 6) is -1.36. The van der Waals surface area contributed by atoms with Gasteiger partial charge in [0.2, 0.25) is 0 Å². The number of thioether (sulfide) groups is 2. The topological polar surface area (TPSA) is 235 Å². The minimum atomic E-state index is -1.27. The number of aliphatic carboxylic acids is 2. The first kappa shape index (κ1) is 33.7. The van der Waals surface area contributed by atoms with E-state index in [-0.39, 0.29) is 45.7 Å². The average molecular weight is 623 g/mol. The van der Waals surface area contributed by atoms with Gasteiger partial charge in [0.25, 0.3) is 0 Å². The van der Waals surface area contributed by atoms with Gasteiger partial charge in [-0.25, -0.2) is 19.6 Å². The van der Waals surface area contributed by atoms with Gasteiger partial charge in [0, 0.05) is 29.8 Å². The van der Waals surface area contributed by atoms with Crippen LogP contribution in [-0.4, -0.2) is 101 Å². The number of pyridine rings is 2. The highest BCUT2D eigenvalue weighted by molar-refractivity contribution is 8.15. The average Bonchev–Trinajstić information content (AvgIpc) is 3.53. The first-order valence-corrected chi connectivity index (χ1v) is 13.6. The molecule has 0 aliphatic carbocycles. The van der Waals surface area contributed by atoms with Gasteiger partial charge in [-0.2, -0.15) is 9.59 Å². The van der Waals surface area contributed by atoms with E-state index in [1.165, 1.54) is 57.2 Å². The lowest BCUT2D eigenvalue weighted by atomic mass is 10.0. The van der Waals surface area contributed by atoms with Gasteiger partial charge in [-0.1, -0.05) is 0 Å². The van der Waals surface area contributed by atoms with Gasteiger partial charge < -0.3 is 29.9 Å². The number of hydrogen-bond donors (Lipinski definition) is 4. The van der Waals surface area contributed by atoms with Crippen molar-refractivity contribution < 1.29 is 53.9 Å². The van der Waals surface area contributed by atoms with Gasteiger partial charge >= 0.3 is 18.1 Å². The molecule has 17 heteroatoms. The van der Waals surface area contributed by atoms with E-state index in [2.05, 4.69) is 20.0 Å². The molecule has 15 nitrogen and oxygen atoms in total. The van der Waals surface area contributed by atoms with Crippen molar-refractivity contribution in [2.45, 2.75) is 31.8 Å². The van der Waals surface area contributed by atoms with Gasteiger partial charge in [-0.15, -0.1) is 23.5 Å². The van der Waals surface area contributed by atoms with Crippen LogP contribution in [0.3, 0.4) is 0 Å². The van der Waals surface area contributed by atoms with Gasteiger partial charge in [0.15, 0.2) is 29.4 Å². The summed E-state index contributed by atoms with van der Waals surface area (Å²) >= 11 is 2.58. The van der Waals surface area contributed by atoms with E-state index >= 15 is 0 Å². The Balaban J connectivity index is 0.000000271. The fourth-order valence-corrected chi connectivity index (χ4v) is 5.49. The Morgan fingerprint density at radius 2 is 1.57 bits per heavy atom. The number of carbonyl (C=O) groups excluding carboxylic acids is 3. The summed E-state index contributed by atoms with van der Waals surface area (Å²) in [5, 5.41) is 38.5. The molecule has 42 heavy (non-hydrogen) atoms. The zero-order valence-electron chi connectivity index (χ0n) is 22.7. The molecule has 0 amide bonds. The predicted molar refractivity (Wildman–Crippen MR) is 150 cm³/mol. The fourth-order valence-electron chi connectivity index (χ4n) is 3.09. The molecule has 224 valence electrons. The highest BCUT2D eigenvalue weighted by atomic mass is 32.2. The second kappa shape index (κ2) is 14.4. The van der Waals surface area contributed by atoms with Crippen molar-refractivity contribution in [1.29, 1.82) is 0 Å². The molecule has 2 aromatic heterocycles. The third kappa shape index (κ3) is 8.28. The number of rotatable bonds is 8. The summed E-state index contributed by atoms with van der Waals surface area (Å²) in [5.41, 5.74) is -1.52. The molecule has 0 saturated carbocycles. The highest BCUT2D eigenvalue weighted by Crippen LogP contribution is 2.37. The maximum absolute atomic E-state index is 11.5. The number of carbonyl (C=O) groups is 3. The standard InChI is InChI=1S/C12H12N2O6S.C12H14N2O3S.CO2/c1-12(11(18)19)5-21-10(14-12)8-9(17)6(2-3-13-8)20-4-7(15)16;1-7(15)12(2)6-18-11(14-12)10-9(16)4-8(17-3)5-13-10;2-1-3/h2-3,17H,4-5H2,1H3,(H,15,16)(H,18,19);4-5,16H,6H2,1-3H3;/t2*12-;/m11./s1. The number of ketones is 1. The van der Waals surface area contributed by atoms with Crippen molar-refractivity contribution in [3.05, 3.63) is 35.9 Å². The number of carboxylic acids is 2. The number of aromatic hydroxyl groups is 2. The monoisotopic (exact) mass is 622 g/mol. The number of nitrogens with zero attached hydrogens (tertiary/aromatic N) is 4. The van der Waals surface area contributed by atoms with E-state index in [0.717, 1.165) is 11.8 Å². The Hall–Kier alpha value is -4.47. The van der Waals surface area contributed by atoms with Crippen molar-refractivity contribution in [2.24, 2.45) is 9.98 Å². The molecule has 0 fully saturated rings. The zero-order valence-corrected chi connectivity index (χ0v) is 24.3. The Labute approximate surface area is 247 Å². The summed E-state index contributed by atoms with van der Waals surface area (Å²) in [6, 6.07) is 2.80. The second-order valence-electron chi connectivity index (χ2n) is 8.84. The van der Waals surface area contributed by atoms with Gasteiger partial charge in [0.1, 0.15) is 38.5 Å². The molecule has 2 aliphatic rings. The normalized spacial score (nSPS) is 20.4. The second-order valence-corrected chi connectivity index (χ2v) is 10.8. The third-order valence-electron chi connectivity index (χ3n) is 5.62. The number of aliphatic imine (C=N–C) groups is 2. The van der Waals surface area contributed by atoms with E-state index in [0.29, 0.717) is 22.2 Å². The Bertz CT molecular complexity index is 1460. The van der Waals surface area contributed by atoms with Crippen LogP contribution in [0.2, 0.25) is 0 Å². The van der Waals surface area contributed by atoms with Crippen molar-refractivity contribution in [3.63, 3.8) is 0 Å². The van der Waals surface area contributed by atoms with Crippen LogP contribution in [0, 0.1) is 0 Å². The van der Waals surface area contributed by atoms with Gasteiger partial charge in [-0.3, -0.25) is 14.8 Å². The van der Waals surface area contributed by atoms with Crippen molar-refractivity contribution >= 4 is 57.5 Å². The molecule has 0 radical (unpaired) electrons. The number of hydrogen-bond acceptors (Lipinski definition) is 15. The maximum atomic E-state index is 11.5. The molecule has 0 aromatic carbocycles. The lowest BCUT2D eigenvalue weighted by molar-refractivity contribution is -0.191. The van der Waals surface area contributed by atoms with E-state index in [1.54, 1.807) is 6.92 Å². The van der Waals surface area contributed by atoms with E-state index < -0.39 is 29.6 Å². The zero-order chi connectivity index (χ0) is 31.7. The minimum absolute atomic E-state index is 0.00778. The molecule has 4 rings (SSSR count). The lowest BCUT2D eigenvalue weighted by Gasteiger charge is -2.13. The first-order chi connectivity index (χ1) is 19.7. The number of Topliss-reactive ketones (excluding diaryl/α,β-unsaturated/α-hetero) is 1. The number of carboxylic acid groups (broad SMARTS) is 2. The fraction of sp³-hybridized carbons (Fsp3) is 0.360. The van der Waals surface area contributed by atoms with Crippen LogP contribution in [0.5, 0.6) is 23.0 Å². The SMILES string of the molecule is COc1cnc(C2=N[C@@](C)(C(C)=O)CS2)c(O)c1.C[C@]1(C(=O)O)CSC(c2nccc(OCC(=O)O)c2O)=N1.O=C=O. The maximum Gasteiger partial charge on any atom is 0.373 e. The predicted octanol–water partition coefficient (Wildman–Crippen LogP) is 1.64. The molecule has 4 N–H and O–H groups in total. The van der Waals surface area contributed by atoms with Crippen LogP contribution in [0.4, 0.5) is 0 Å². The van der Waals surface area contributed by atoms with Crippen molar-refractivity contribution in [1.82, 2.24) is 9.97 Å². The van der Waals surface area contributed by atoms with E-state index in [1.807, 2.05) is 0 Å².